The Balaban J connectivity index is 1.58. The molecule has 10 nitrogen and oxygen atoms in total. The minimum Gasteiger partial charge on any atom is -0.494 e. The molecule has 0 atom stereocenters. The zero-order valence-corrected chi connectivity index (χ0v) is 27.5. The van der Waals surface area contributed by atoms with Crippen LogP contribution < -0.4 is 20.1 Å². The maximum Gasteiger partial charge on any atom is 0.422 e. The number of hydrogen-bond donors (Lipinski definition) is 2. The summed E-state index contributed by atoms with van der Waals surface area (Å²) in [5.41, 5.74) is 1.46. The van der Waals surface area contributed by atoms with Crippen molar-refractivity contribution >= 4 is 17.8 Å². The van der Waals surface area contributed by atoms with Gasteiger partial charge in [-0.05, 0) is 52.6 Å². The van der Waals surface area contributed by atoms with Crippen molar-refractivity contribution in [1.82, 2.24) is 25.2 Å². The standard InChI is InChI=1S/C34H43F3N6O4/c1-32(2,3)18-28(44)43-15-6-16-46-26-13-9-24(10-14-26)19-38-30-40-27(41-31(42-30)47-22-34(35,36)37)17-23-7-11-25(12-8-23)29(45)39-20-33(4,5)21-43/h7-14H,6,15-22H2,1-5H3,(H,39,45)(H,38,40,41,42). The molecule has 7 rings (SSSR count). The molecule has 2 aromatic carbocycles. The third-order valence-electron chi connectivity index (χ3n) is 7.20. The summed E-state index contributed by atoms with van der Waals surface area (Å²) >= 11 is 0. The predicted octanol–water partition coefficient (Wildman–Crippen LogP) is 5.82. The first-order valence-electron chi connectivity index (χ1n) is 15.6. The number of alkyl halides is 3. The molecule has 254 valence electrons. The number of carbonyl (C=O) groups excluding carboxylic acids is 2. The SMILES string of the molecule is CC(C)(C)CC(=O)N1CCCOc2ccc(cc2)CNc2nc(nc(OCC(F)(F)F)n2)Cc2ccc(cc2)C(=O)NCC(C)(C)C1. The van der Waals surface area contributed by atoms with Gasteiger partial charge in [0.2, 0.25) is 11.9 Å². The molecule has 2 N–H and O–H groups in total. The van der Waals surface area contributed by atoms with E-state index in [9.17, 15) is 22.8 Å². The van der Waals surface area contributed by atoms with Crippen molar-refractivity contribution in [2.75, 3.05) is 38.2 Å². The largest absolute Gasteiger partial charge is 0.494 e. The molecular weight excluding hydrogens is 613 g/mol. The zero-order chi connectivity index (χ0) is 34.2. The maximum atomic E-state index is 13.3. The van der Waals surface area contributed by atoms with Crippen LogP contribution in [0.4, 0.5) is 19.1 Å². The lowest BCUT2D eigenvalue weighted by molar-refractivity contribution is -0.154. The molecule has 5 heterocycles. The van der Waals surface area contributed by atoms with Crippen molar-refractivity contribution in [3.8, 4) is 11.8 Å². The van der Waals surface area contributed by atoms with Crippen LogP contribution in [0.1, 0.15) is 74.8 Å². The molecule has 1 aromatic heterocycles. The smallest absolute Gasteiger partial charge is 0.422 e. The summed E-state index contributed by atoms with van der Waals surface area (Å²) in [6.07, 6.45) is -3.37. The van der Waals surface area contributed by atoms with Crippen LogP contribution >= 0.6 is 0 Å². The van der Waals surface area contributed by atoms with Crippen LogP contribution in [0.25, 0.3) is 0 Å². The summed E-state index contributed by atoms with van der Waals surface area (Å²) in [5.74, 6) is 0.719. The Hall–Kier alpha value is -4.42. The molecule has 6 bridgehead atoms. The second-order valence-electron chi connectivity index (χ2n) is 13.7. The highest BCUT2D eigenvalue weighted by Crippen LogP contribution is 2.24. The Kier molecular flexibility index (Phi) is 11.3. The number of nitrogens with one attached hydrogen (secondary N) is 2. The molecular formula is C34H43F3N6O4. The third kappa shape index (κ3) is 12.0. The van der Waals surface area contributed by atoms with Gasteiger partial charge in [0.05, 0.1) is 6.61 Å². The number of ether oxygens (including phenoxy) is 2. The van der Waals surface area contributed by atoms with Gasteiger partial charge in [0.25, 0.3) is 5.91 Å². The maximum absolute atomic E-state index is 13.3. The van der Waals surface area contributed by atoms with Crippen LogP contribution in [0.3, 0.4) is 0 Å². The van der Waals surface area contributed by atoms with Crippen molar-refractivity contribution in [2.45, 2.75) is 66.6 Å². The number of nitrogens with zero attached hydrogens (tertiary/aromatic N) is 4. The van der Waals surface area contributed by atoms with E-state index in [0.29, 0.717) is 50.4 Å². The highest BCUT2D eigenvalue weighted by molar-refractivity contribution is 5.94. The summed E-state index contributed by atoms with van der Waals surface area (Å²) < 4.78 is 49.3. The molecule has 47 heavy (non-hydrogen) atoms. The van der Waals surface area contributed by atoms with E-state index in [1.165, 1.54) is 0 Å². The van der Waals surface area contributed by atoms with E-state index in [2.05, 4.69) is 25.6 Å². The second kappa shape index (κ2) is 15.0. The van der Waals surface area contributed by atoms with Gasteiger partial charge in [-0.2, -0.15) is 28.1 Å². The Labute approximate surface area is 273 Å². The number of aromatic nitrogens is 3. The fourth-order valence-corrected chi connectivity index (χ4v) is 4.91. The predicted molar refractivity (Wildman–Crippen MR) is 171 cm³/mol. The molecule has 2 amide bonds. The van der Waals surface area contributed by atoms with Crippen LogP contribution in [0.5, 0.6) is 11.8 Å². The first-order chi connectivity index (χ1) is 22.0. The number of halogens is 3. The average molecular weight is 657 g/mol. The number of carbonyl (C=O) groups is 2. The minimum atomic E-state index is -4.56. The summed E-state index contributed by atoms with van der Waals surface area (Å²) in [6, 6.07) is 13.7. The number of hydrogen-bond acceptors (Lipinski definition) is 8. The third-order valence-corrected chi connectivity index (χ3v) is 7.20. The van der Waals surface area contributed by atoms with Gasteiger partial charge < -0.3 is 25.0 Å². The number of anilines is 1. The molecule has 0 fully saturated rings. The summed E-state index contributed by atoms with van der Waals surface area (Å²) in [6.45, 7) is 10.6. The normalized spacial score (nSPS) is 16.4. The Bertz CT molecular complexity index is 1510. The van der Waals surface area contributed by atoms with Crippen LogP contribution in [-0.4, -0.2) is 70.7 Å². The van der Waals surface area contributed by atoms with E-state index >= 15 is 0 Å². The molecule has 0 saturated heterocycles. The molecule has 13 heteroatoms. The monoisotopic (exact) mass is 656 g/mol. The Morgan fingerprint density at radius 3 is 2.32 bits per heavy atom. The van der Waals surface area contributed by atoms with Gasteiger partial charge in [0.1, 0.15) is 11.6 Å². The van der Waals surface area contributed by atoms with Crippen molar-refractivity contribution in [1.29, 1.82) is 0 Å². The van der Waals surface area contributed by atoms with E-state index in [1.54, 1.807) is 24.3 Å². The van der Waals surface area contributed by atoms with E-state index in [0.717, 1.165) is 11.1 Å². The van der Waals surface area contributed by atoms with Gasteiger partial charge in [-0.1, -0.05) is 58.9 Å². The zero-order valence-electron chi connectivity index (χ0n) is 27.5. The van der Waals surface area contributed by atoms with E-state index < -0.39 is 24.2 Å². The van der Waals surface area contributed by atoms with Gasteiger partial charge in [0, 0.05) is 44.6 Å². The Morgan fingerprint density at radius 2 is 1.66 bits per heavy atom. The van der Waals surface area contributed by atoms with Gasteiger partial charge in [0.15, 0.2) is 6.61 Å². The molecule has 3 aromatic rings. The first kappa shape index (κ1) is 35.4. The number of rotatable bonds is 3. The number of amides is 2. The molecule has 0 unspecified atom stereocenters. The fourth-order valence-electron chi connectivity index (χ4n) is 4.91. The summed E-state index contributed by atoms with van der Waals surface area (Å²) in [7, 11) is 0. The van der Waals surface area contributed by atoms with Gasteiger partial charge in [-0.3, -0.25) is 9.59 Å². The van der Waals surface area contributed by atoms with E-state index in [4.69, 9.17) is 9.47 Å². The minimum absolute atomic E-state index is 0.0612. The molecule has 0 saturated carbocycles. The van der Waals surface area contributed by atoms with Crippen LogP contribution in [0, 0.1) is 10.8 Å². The summed E-state index contributed by atoms with van der Waals surface area (Å²) in [5, 5.41) is 6.02. The lowest BCUT2D eigenvalue weighted by atomic mass is 9.89. The van der Waals surface area contributed by atoms with E-state index in [1.807, 2.05) is 63.8 Å². The topological polar surface area (TPSA) is 119 Å². The molecule has 4 aliphatic rings. The van der Waals surface area contributed by atoms with Gasteiger partial charge in [-0.25, -0.2) is 0 Å². The highest BCUT2D eigenvalue weighted by Gasteiger charge is 2.30. The van der Waals surface area contributed by atoms with Crippen LogP contribution in [0.15, 0.2) is 48.5 Å². The quantitative estimate of drug-likeness (QED) is 0.362. The second-order valence-corrected chi connectivity index (χ2v) is 13.7. The highest BCUT2D eigenvalue weighted by atomic mass is 19.4. The lowest BCUT2D eigenvalue weighted by Crippen LogP contribution is -2.45. The van der Waals surface area contributed by atoms with Crippen LogP contribution in [-0.2, 0) is 17.8 Å². The summed E-state index contributed by atoms with van der Waals surface area (Å²) in [4.78, 5) is 40.7. The molecule has 4 aliphatic heterocycles. The average Bonchev–Trinajstić information content (AvgIpc) is 2.98. The van der Waals surface area contributed by atoms with Crippen molar-refractivity contribution in [2.24, 2.45) is 10.8 Å². The molecule has 0 radical (unpaired) electrons. The van der Waals surface area contributed by atoms with Gasteiger partial charge in [-0.15, -0.1) is 0 Å². The van der Waals surface area contributed by atoms with Crippen molar-refractivity contribution < 1.29 is 32.2 Å². The van der Waals surface area contributed by atoms with Crippen LogP contribution in [0.2, 0.25) is 0 Å². The number of benzene rings is 2. The van der Waals surface area contributed by atoms with Crippen molar-refractivity contribution in [3.63, 3.8) is 0 Å². The molecule has 0 spiro atoms. The first-order valence-corrected chi connectivity index (χ1v) is 15.6. The Morgan fingerprint density at radius 1 is 0.979 bits per heavy atom. The van der Waals surface area contributed by atoms with Gasteiger partial charge >= 0.3 is 12.2 Å². The van der Waals surface area contributed by atoms with E-state index in [-0.39, 0.29) is 42.0 Å². The van der Waals surface area contributed by atoms with Crippen molar-refractivity contribution in [3.05, 3.63) is 71.0 Å². The fraction of sp³-hybridized carbons (Fsp3) is 0.500. The molecule has 0 aliphatic carbocycles. The lowest BCUT2D eigenvalue weighted by Gasteiger charge is -2.34.